The van der Waals surface area contributed by atoms with Gasteiger partial charge in [-0.1, -0.05) is 0 Å². The van der Waals surface area contributed by atoms with Crippen molar-refractivity contribution in [1.29, 1.82) is 26.3 Å². The van der Waals surface area contributed by atoms with Gasteiger partial charge >= 0.3 is 17.1 Å². The fourth-order valence-corrected chi connectivity index (χ4v) is 0.834. The second-order valence-electron chi connectivity index (χ2n) is 2.59. The molecule has 0 unspecified atom stereocenters. The number of nitrogens with two attached hydrogens (primary N) is 2. The molecule has 0 aromatic rings. The molecular formula is C12H19FeN8. The van der Waals surface area contributed by atoms with Gasteiger partial charge in [0.2, 0.25) is 0 Å². The largest absolute Gasteiger partial charge is 5.00 e. The smallest absolute Gasteiger partial charge is 0.512 e. The van der Waals surface area contributed by atoms with E-state index in [1.165, 1.54) is 0 Å². The van der Waals surface area contributed by atoms with Crippen LogP contribution in [0.15, 0.2) is 0 Å². The van der Waals surface area contributed by atoms with E-state index in [1.807, 2.05) is 0 Å². The quantitative estimate of drug-likeness (QED) is 0.508. The number of nitrogens with zero attached hydrogens (tertiary/aromatic N) is 6. The molecule has 0 aromatic heterocycles. The maximum atomic E-state index is 6.25. The minimum atomic E-state index is 0. The van der Waals surface area contributed by atoms with Crippen LogP contribution in [-0.4, -0.2) is 38.1 Å². The standard InChI is InChI=1S/C7H19N3.5CN.Fe/c1-10(6-2-4-8)7-3-5-9;5*1-2;/h2-9H2,1H3;;;;;;/q;5*-1;+5. The molecule has 0 heterocycles. The van der Waals surface area contributed by atoms with E-state index in [4.69, 9.17) is 70.6 Å². The van der Waals surface area contributed by atoms with Crippen molar-refractivity contribution in [2.24, 2.45) is 11.5 Å². The maximum absolute atomic E-state index is 6.25. The summed E-state index contributed by atoms with van der Waals surface area (Å²) in [5.41, 5.74) is 10.7. The molecule has 4 N–H and O–H groups in total. The van der Waals surface area contributed by atoms with Crippen LogP contribution in [0.4, 0.5) is 0 Å². The average molecular weight is 331 g/mol. The van der Waals surface area contributed by atoms with Gasteiger partial charge in [-0.05, 0) is 46.1 Å². The Labute approximate surface area is 139 Å². The van der Waals surface area contributed by atoms with E-state index in [0.717, 1.165) is 39.0 Å². The number of hydrogen-bond acceptors (Lipinski definition) is 8. The summed E-state index contributed by atoms with van der Waals surface area (Å²) in [7, 11) is 2.10. The SMILES string of the molecule is CN(CCCN)CCCN.[C-]#N.[C-]#N.[C-]#N.[C-]#N.[C-]#N.[Fe+5]. The molecule has 115 valence electrons. The van der Waals surface area contributed by atoms with Gasteiger partial charge in [0.05, 0.1) is 0 Å². The van der Waals surface area contributed by atoms with Crippen LogP contribution in [0.3, 0.4) is 0 Å². The van der Waals surface area contributed by atoms with Crippen molar-refractivity contribution < 1.29 is 17.1 Å². The Morgan fingerprint density at radius 3 is 1.00 bits per heavy atom. The predicted octanol–water partition coefficient (Wildman–Crippen LogP) is 0.0952. The molecule has 9 heteroatoms. The molecule has 0 amide bonds. The Morgan fingerprint density at radius 2 is 0.857 bits per heavy atom. The van der Waals surface area contributed by atoms with Crippen molar-refractivity contribution in [2.75, 3.05) is 33.2 Å². The minimum absolute atomic E-state index is 0. The van der Waals surface area contributed by atoms with Crippen molar-refractivity contribution in [3.8, 4) is 0 Å². The van der Waals surface area contributed by atoms with Gasteiger partial charge in [0.15, 0.2) is 0 Å². The Hall–Kier alpha value is -2.15. The fraction of sp³-hybridized carbons (Fsp3) is 0.583. The zero-order chi connectivity index (χ0) is 17.8. The minimum Gasteiger partial charge on any atom is -0.512 e. The molecule has 0 spiro atoms. The Balaban J connectivity index is -0.0000000303. The second-order valence-corrected chi connectivity index (χ2v) is 2.59. The fourth-order valence-electron chi connectivity index (χ4n) is 0.834. The summed E-state index contributed by atoms with van der Waals surface area (Å²) in [6, 6.07) is 0. The van der Waals surface area contributed by atoms with Crippen molar-refractivity contribution in [2.45, 2.75) is 12.8 Å². The van der Waals surface area contributed by atoms with Crippen LogP contribution in [0.25, 0.3) is 0 Å². The Morgan fingerprint density at radius 1 is 0.667 bits per heavy atom. The van der Waals surface area contributed by atoms with E-state index in [9.17, 15) is 0 Å². The van der Waals surface area contributed by atoms with E-state index in [2.05, 4.69) is 11.9 Å². The molecule has 0 aromatic carbocycles. The average Bonchev–Trinajstić information content (AvgIpc) is 2.60. The Bertz CT molecular complexity index is 179. The van der Waals surface area contributed by atoms with E-state index in [0.29, 0.717) is 0 Å². The molecule has 0 aliphatic rings. The van der Waals surface area contributed by atoms with Gasteiger partial charge in [0.25, 0.3) is 0 Å². The van der Waals surface area contributed by atoms with Crippen molar-refractivity contribution in [3.63, 3.8) is 0 Å². The van der Waals surface area contributed by atoms with Crippen LogP contribution in [0.1, 0.15) is 12.8 Å². The zero-order valence-corrected chi connectivity index (χ0v) is 13.0. The molecule has 0 atom stereocenters. The Kier molecular flexibility index (Phi) is 220. The van der Waals surface area contributed by atoms with Crippen LogP contribution in [0, 0.1) is 59.2 Å². The molecule has 0 saturated heterocycles. The summed E-state index contributed by atoms with van der Waals surface area (Å²) in [5.74, 6) is 0. The van der Waals surface area contributed by atoms with Gasteiger partial charge in [-0.3, -0.25) is 0 Å². The second kappa shape index (κ2) is 108. The summed E-state index contributed by atoms with van der Waals surface area (Å²) in [4.78, 5) is 2.26. The number of rotatable bonds is 6. The van der Waals surface area contributed by atoms with Crippen LogP contribution in [0.5, 0.6) is 0 Å². The van der Waals surface area contributed by atoms with Gasteiger partial charge in [0, 0.05) is 0 Å². The van der Waals surface area contributed by atoms with Crippen molar-refractivity contribution in [1.82, 2.24) is 4.90 Å². The molecule has 21 heavy (non-hydrogen) atoms. The molecule has 0 aliphatic heterocycles. The van der Waals surface area contributed by atoms with E-state index in [-0.39, 0.29) is 17.1 Å². The first kappa shape index (κ1) is 42.8. The first-order valence-electron chi connectivity index (χ1n) is 5.01. The third kappa shape index (κ3) is 131. The molecule has 0 rings (SSSR count). The van der Waals surface area contributed by atoms with Gasteiger partial charge in [-0.2, -0.15) is 0 Å². The molecule has 8 nitrogen and oxygen atoms in total. The summed E-state index contributed by atoms with van der Waals surface area (Å²) >= 11 is 0. The predicted molar refractivity (Wildman–Crippen MR) is 69.7 cm³/mol. The number of hydrogen-bond donors (Lipinski definition) is 2. The molecule has 0 bridgehead atoms. The monoisotopic (exact) mass is 331 g/mol. The van der Waals surface area contributed by atoms with E-state index >= 15 is 0 Å². The molecule has 0 aliphatic carbocycles. The molecule has 0 fully saturated rings. The first-order chi connectivity index (χ1) is 9.81. The zero-order valence-electron chi connectivity index (χ0n) is 11.9. The topological polar surface area (TPSA) is 174 Å². The van der Waals surface area contributed by atoms with E-state index < -0.39 is 0 Å². The van der Waals surface area contributed by atoms with Crippen LogP contribution < -0.4 is 11.5 Å². The van der Waals surface area contributed by atoms with Crippen LogP contribution in [-0.2, 0) is 17.1 Å². The van der Waals surface area contributed by atoms with E-state index in [1.54, 1.807) is 0 Å². The first-order valence-corrected chi connectivity index (χ1v) is 5.01. The van der Waals surface area contributed by atoms with Gasteiger partial charge in [0.1, 0.15) is 0 Å². The summed E-state index contributed by atoms with van der Waals surface area (Å²) in [6.07, 6.45) is 2.17. The third-order valence-electron chi connectivity index (χ3n) is 1.49. The summed E-state index contributed by atoms with van der Waals surface area (Å²) in [5, 5.41) is 31.2. The molecule has 0 saturated carbocycles. The summed E-state index contributed by atoms with van der Waals surface area (Å²) < 4.78 is 0. The summed E-state index contributed by atoms with van der Waals surface area (Å²) in [6.45, 7) is 27.5. The van der Waals surface area contributed by atoms with Gasteiger partial charge in [-0.25, -0.2) is 0 Å². The van der Waals surface area contributed by atoms with Crippen molar-refractivity contribution in [3.05, 3.63) is 32.9 Å². The van der Waals surface area contributed by atoms with Crippen LogP contribution in [0.2, 0.25) is 0 Å². The molecule has 1 radical (unpaired) electrons. The maximum Gasteiger partial charge on any atom is 5.00 e. The van der Waals surface area contributed by atoms with Gasteiger partial charge in [-0.15, -0.1) is 0 Å². The van der Waals surface area contributed by atoms with Gasteiger partial charge < -0.3 is 75.5 Å². The third-order valence-corrected chi connectivity index (χ3v) is 1.49. The molecular weight excluding hydrogens is 312 g/mol. The van der Waals surface area contributed by atoms with Crippen molar-refractivity contribution >= 4 is 0 Å². The van der Waals surface area contributed by atoms with Crippen LogP contribution >= 0.6 is 0 Å². The normalized spacial score (nSPS) is 5.62.